The average Bonchev–Trinajstić information content (AvgIpc) is 2.13. The van der Waals surface area contributed by atoms with Gasteiger partial charge in [-0.1, -0.05) is 0 Å². The molecule has 0 saturated carbocycles. The van der Waals surface area contributed by atoms with Crippen molar-refractivity contribution in [3.63, 3.8) is 0 Å². The van der Waals surface area contributed by atoms with E-state index in [0.717, 1.165) is 0 Å². The van der Waals surface area contributed by atoms with Gasteiger partial charge in [-0.3, -0.25) is 5.26 Å². The number of rotatable bonds is 2. The first-order chi connectivity index (χ1) is 6.11. The predicted octanol–water partition coefficient (Wildman–Crippen LogP) is -2.72. The highest BCUT2D eigenvalue weighted by molar-refractivity contribution is 4.88. The molecule has 0 aromatic heterocycles. The number of hydrogen-bond acceptors (Lipinski definition) is 7. The van der Waals surface area contributed by atoms with Crippen LogP contribution < -0.4 is 0 Å². The molecule has 0 bridgehead atoms. The van der Waals surface area contributed by atoms with Gasteiger partial charge in [-0.25, -0.2) is 4.89 Å². The van der Waals surface area contributed by atoms with Crippen LogP contribution in [-0.2, 0) is 9.62 Å². The Labute approximate surface area is 73.7 Å². The van der Waals surface area contributed by atoms with Crippen molar-refractivity contribution >= 4 is 0 Å². The molecule has 1 heterocycles. The van der Waals surface area contributed by atoms with Crippen molar-refractivity contribution in [2.24, 2.45) is 0 Å². The summed E-state index contributed by atoms with van der Waals surface area (Å²) in [6, 6.07) is 0. The lowest BCUT2D eigenvalue weighted by Crippen LogP contribution is -2.59. The Morgan fingerprint density at radius 3 is 2.23 bits per heavy atom. The Bertz CT molecular complexity index is 161. The standard InChI is InChI=1S/C6H12O7/c7-1-2-5(13-11)3(8)4(9)6(10)12-2/h2-11H,1H2/t2-,3+,4-,5+,6-/m1/s1. The van der Waals surface area contributed by atoms with E-state index < -0.39 is 37.3 Å². The first-order valence-electron chi connectivity index (χ1n) is 3.72. The van der Waals surface area contributed by atoms with Gasteiger partial charge in [0, 0.05) is 0 Å². The van der Waals surface area contributed by atoms with E-state index >= 15 is 0 Å². The number of hydrogen-bond donors (Lipinski definition) is 5. The van der Waals surface area contributed by atoms with Crippen LogP contribution in [0.5, 0.6) is 0 Å². The van der Waals surface area contributed by atoms with Crippen molar-refractivity contribution in [1.29, 1.82) is 0 Å². The van der Waals surface area contributed by atoms with Gasteiger partial charge in [0.2, 0.25) is 0 Å². The molecule has 7 nitrogen and oxygen atoms in total. The van der Waals surface area contributed by atoms with E-state index in [2.05, 4.69) is 9.62 Å². The lowest BCUT2D eigenvalue weighted by Gasteiger charge is -2.38. The first kappa shape index (κ1) is 10.8. The summed E-state index contributed by atoms with van der Waals surface area (Å²) in [4.78, 5) is 3.82. The Kier molecular flexibility index (Phi) is 3.56. The summed E-state index contributed by atoms with van der Waals surface area (Å²) in [5.41, 5.74) is 0. The third-order valence-corrected chi connectivity index (χ3v) is 1.96. The summed E-state index contributed by atoms with van der Waals surface area (Å²) >= 11 is 0. The van der Waals surface area contributed by atoms with Crippen LogP contribution >= 0.6 is 0 Å². The molecule has 1 aliphatic heterocycles. The van der Waals surface area contributed by atoms with E-state index in [0.29, 0.717) is 0 Å². The van der Waals surface area contributed by atoms with E-state index in [9.17, 15) is 5.11 Å². The minimum atomic E-state index is -1.60. The fourth-order valence-corrected chi connectivity index (χ4v) is 1.20. The molecule has 0 radical (unpaired) electrons. The zero-order valence-corrected chi connectivity index (χ0v) is 6.65. The minimum Gasteiger partial charge on any atom is -0.394 e. The van der Waals surface area contributed by atoms with Gasteiger partial charge < -0.3 is 25.2 Å². The Morgan fingerprint density at radius 2 is 1.77 bits per heavy atom. The molecule has 1 aliphatic rings. The molecule has 78 valence electrons. The van der Waals surface area contributed by atoms with Crippen LogP contribution in [0.1, 0.15) is 0 Å². The van der Waals surface area contributed by atoms with Crippen LogP contribution in [0.15, 0.2) is 0 Å². The highest BCUT2D eigenvalue weighted by atomic mass is 17.1. The Hall–Kier alpha value is -0.280. The molecule has 0 aliphatic carbocycles. The zero-order valence-electron chi connectivity index (χ0n) is 6.65. The summed E-state index contributed by atoms with van der Waals surface area (Å²) in [6.45, 7) is -0.550. The smallest absolute Gasteiger partial charge is 0.184 e. The van der Waals surface area contributed by atoms with Gasteiger partial charge >= 0.3 is 0 Å². The van der Waals surface area contributed by atoms with Gasteiger partial charge in [0.25, 0.3) is 0 Å². The molecule has 0 unspecified atom stereocenters. The van der Waals surface area contributed by atoms with Gasteiger partial charge in [-0.15, -0.1) is 0 Å². The van der Waals surface area contributed by atoms with Crippen molar-refractivity contribution < 1.29 is 35.3 Å². The molecule has 1 rings (SSSR count). The Balaban J connectivity index is 2.69. The average molecular weight is 196 g/mol. The fraction of sp³-hybridized carbons (Fsp3) is 1.00. The molecular weight excluding hydrogens is 184 g/mol. The number of ether oxygens (including phenoxy) is 1. The highest BCUT2D eigenvalue weighted by Gasteiger charge is 2.44. The summed E-state index contributed by atoms with van der Waals surface area (Å²) in [7, 11) is 0. The molecule has 1 saturated heterocycles. The normalized spacial score (nSPS) is 46.4. The maximum Gasteiger partial charge on any atom is 0.184 e. The largest absolute Gasteiger partial charge is 0.394 e. The highest BCUT2D eigenvalue weighted by Crippen LogP contribution is 2.21. The molecule has 5 N–H and O–H groups in total. The van der Waals surface area contributed by atoms with Crippen molar-refractivity contribution in [3.8, 4) is 0 Å². The SMILES string of the molecule is OC[C@H]1O[C@@H](O)[C@H](O)[C@H](O)[C@H]1OO. The van der Waals surface area contributed by atoms with E-state index in [1.54, 1.807) is 0 Å². The maximum absolute atomic E-state index is 9.22. The van der Waals surface area contributed by atoms with Crippen LogP contribution in [0.3, 0.4) is 0 Å². The molecule has 0 amide bonds. The lowest BCUT2D eigenvalue weighted by atomic mass is 9.99. The maximum atomic E-state index is 9.22. The summed E-state index contributed by atoms with van der Waals surface area (Å²) in [5, 5.41) is 44.3. The fourth-order valence-electron chi connectivity index (χ4n) is 1.20. The molecule has 5 atom stereocenters. The predicted molar refractivity (Wildman–Crippen MR) is 37.5 cm³/mol. The van der Waals surface area contributed by atoms with E-state index in [1.165, 1.54) is 0 Å². The lowest BCUT2D eigenvalue weighted by molar-refractivity contribution is -0.371. The monoisotopic (exact) mass is 196 g/mol. The molecular formula is C6H12O7. The second-order valence-corrected chi connectivity index (χ2v) is 2.80. The topological polar surface area (TPSA) is 120 Å². The molecule has 7 heteroatoms. The second-order valence-electron chi connectivity index (χ2n) is 2.80. The minimum absolute atomic E-state index is 0.550. The third-order valence-electron chi connectivity index (χ3n) is 1.96. The van der Waals surface area contributed by atoms with Crippen molar-refractivity contribution in [3.05, 3.63) is 0 Å². The third kappa shape index (κ3) is 1.97. The van der Waals surface area contributed by atoms with Gasteiger partial charge in [0.05, 0.1) is 6.61 Å². The van der Waals surface area contributed by atoms with Crippen LogP contribution in [0.2, 0.25) is 0 Å². The number of aliphatic hydroxyl groups excluding tert-OH is 4. The van der Waals surface area contributed by atoms with Crippen molar-refractivity contribution in [1.82, 2.24) is 0 Å². The molecule has 1 fully saturated rings. The molecule has 0 spiro atoms. The molecule has 13 heavy (non-hydrogen) atoms. The quantitative estimate of drug-likeness (QED) is 0.240. The van der Waals surface area contributed by atoms with Gasteiger partial charge in [-0.2, -0.15) is 0 Å². The van der Waals surface area contributed by atoms with Crippen LogP contribution in [-0.4, -0.2) is 63.0 Å². The van der Waals surface area contributed by atoms with E-state index in [-0.39, 0.29) is 0 Å². The first-order valence-corrected chi connectivity index (χ1v) is 3.72. The second kappa shape index (κ2) is 4.29. The Morgan fingerprint density at radius 1 is 1.15 bits per heavy atom. The summed E-state index contributed by atoms with van der Waals surface area (Å²) < 4.78 is 4.63. The number of aliphatic hydroxyl groups is 4. The van der Waals surface area contributed by atoms with Crippen LogP contribution in [0.25, 0.3) is 0 Å². The van der Waals surface area contributed by atoms with E-state index in [1.807, 2.05) is 0 Å². The summed E-state index contributed by atoms with van der Waals surface area (Å²) in [6.07, 6.45) is -7.02. The van der Waals surface area contributed by atoms with Gasteiger partial charge in [-0.05, 0) is 0 Å². The molecule has 0 aromatic carbocycles. The van der Waals surface area contributed by atoms with Crippen LogP contribution in [0.4, 0.5) is 0 Å². The summed E-state index contributed by atoms with van der Waals surface area (Å²) in [5.74, 6) is 0. The van der Waals surface area contributed by atoms with Gasteiger partial charge in [0.1, 0.15) is 24.4 Å². The van der Waals surface area contributed by atoms with Gasteiger partial charge in [0.15, 0.2) is 6.29 Å². The van der Waals surface area contributed by atoms with Crippen molar-refractivity contribution in [2.45, 2.75) is 30.7 Å². The molecule has 0 aromatic rings. The van der Waals surface area contributed by atoms with E-state index in [4.69, 9.17) is 20.6 Å². The van der Waals surface area contributed by atoms with Crippen molar-refractivity contribution in [2.75, 3.05) is 6.61 Å². The van der Waals surface area contributed by atoms with Crippen LogP contribution in [0, 0.1) is 0 Å². The zero-order chi connectivity index (χ0) is 10.0.